The highest BCUT2D eigenvalue weighted by molar-refractivity contribution is 9.10. The van der Waals surface area contributed by atoms with Crippen LogP contribution in [0.3, 0.4) is 0 Å². The highest BCUT2D eigenvalue weighted by atomic mass is 79.9. The number of ether oxygens (including phenoxy) is 1. The van der Waals surface area contributed by atoms with E-state index in [0.29, 0.717) is 42.6 Å². The summed E-state index contributed by atoms with van der Waals surface area (Å²) >= 11 is 4.95. The fourth-order valence-electron chi connectivity index (χ4n) is 3.52. The summed E-state index contributed by atoms with van der Waals surface area (Å²) in [6.45, 7) is 1.52. The normalized spacial score (nSPS) is 15.7. The molecule has 0 atom stereocenters. The number of furan rings is 1. The predicted octanol–water partition coefficient (Wildman–Crippen LogP) is 4.71. The van der Waals surface area contributed by atoms with Crippen LogP contribution in [0.2, 0.25) is 0 Å². The number of rotatable bonds is 6. The van der Waals surface area contributed by atoms with Gasteiger partial charge in [0.1, 0.15) is 5.69 Å². The van der Waals surface area contributed by atoms with Crippen molar-refractivity contribution in [2.75, 3.05) is 26.3 Å². The number of halogens is 1. The van der Waals surface area contributed by atoms with E-state index >= 15 is 0 Å². The number of thiazole rings is 1. The summed E-state index contributed by atoms with van der Waals surface area (Å²) in [6.07, 6.45) is 3.36. The van der Waals surface area contributed by atoms with Crippen molar-refractivity contribution in [1.82, 2.24) is 8.98 Å². The maximum absolute atomic E-state index is 12.9. The van der Waals surface area contributed by atoms with Crippen molar-refractivity contribution in [1.29, 1.82) is 0 Å². The van der Waals surface area contributed by atoms with E-state index < -0.39 is 10.0 Å². The molecule has 0 amide bonds. The van der Waals surface area contributed by atoms with Crippen LogP contribution in [0, 0.1) is 0 Å². The summed E-state index contributed by atoms with van der Waals surface area (Å²) in [5.74, 6) is 0.666. The molecule has 1 aliphatic heterocycles. The molecule has 1 fully saturated rings. The van der Waals surface area contributed by atoms with Crippen LogP contribution in [0.25, 0.3) is 11.5 Å². The molecule has 180 valence electrons. The quantitative estimate of drug-likeness (QED) is 0.313. The third-order valence-electron chi connectivity index (χ3n) is 5.35. The number of aromatic nitrogens is 1. The number of nitrogens with zero attached hydrogens (tertiary/aromatic N) is 4. The van der Waals surface area contributed by atoms with Gasteiger partial charge in [0, 0.05) is 28.5 Å². The number of benzene rings is 2. The molecule has 0 spiro atoms. The van der Waals surface area contributed by atoms with E-state index in [2.05, 4.69) is 21.0 Å². The molecule has 0 radical (unpaired) electrons. The first kappa shape index (κ1) is 23.9. The lowest BCUT2D eigenvalue weighted by molar-refractivity contribution is 0.0730. The van der Waals surface area contributed by atoms with Crippen LogP contribution in [0.15, 0.2) is 96.2 Å². The molecule has 2 aromatic heterocycles. The molecule has 8 nitrogen and oxygen atoms in total. The molecule has 0 aliphatic carbocycles. The number of hydrogen-bond acceptors (Lipinski definition) is 7. The molecule has 2 aromatic carbocycles. The van der Waals surface area contributed by atoms with Crippen LogP contribution < -0.4 is 4.80 Å². The Bertz CT molecular complexity index is 1500. The zero-order chi connectivity index (χ0) is 24.3. The van der Waals surface area contributed by atoms with E-state index in [-0.39, 0.29) is 4.90 Å². The molecule has 0 bridgehead atoms. The Labute approximate surface area is 215 Å². The number of hydrogen-bond donors (Lipinski definition) is 0. The Morgan fingerprint density at radius 2 is 1.77 bits per heavy atom. The van der Waals surface area contributed by atoms with Gasteiger partial charge in [-0.15, -0.1) is 11.3 Å². The zero-order valence-electron chi connectivity index (χ0n) is 18.5. The minimum Gasteiger partial charge on any atom is -0.463 e. The minimum atomic E-state index is -3.56. The second-order valence-electron chi connectivity index (χ2n) is 7.58. The third kappa shape index (κ3) is 5.24. The monoisotopic (exact) mass is 572 g/mol. The molecule has 11 heteroatoms. The van der Waals surface area contributed by atoms with Crippen molar-refractivity contribution < 1.29 is 17.6 Å². The highest BCUT2D eigenvalue weighted by Gasteiger charge is 2.26. The lowest BCUT2D eigenvalue weighted by Gasteiger charge is -2.26. The van der Waals surface area contributed by atoms with Crippen molar-refractivity contribution in [2.45, 2.75) is 4.90 Å². The molecular weight excluding hydrogens is 552 g/mol. The van der Waals surface area contributed by atoms with Crippen molar-refractivity contribution in [3.8, 4) is 11.5 Å². The van der Waals surface area contributed by atoms with Gasteiger partial charge in [-0.05, 0) is 42.5 Å². The fourth-order valence-corrected chi connectivity index (χ4v) is 6.15. The summed E-state index contributed by atoms with van der Waals surface area (Å²) in [5.41, 5.74) is 2.29. The topological polar surface area (TPSA) is 89.4 Å². The second-order valence-corrected chi connectivity index (χ2v) is 11.2. The maximum Gasteiger partial charge on any atom is 0.243 e. The first-order chi connectivity index (χ1) is 17.0. The number of sulfonamides is 1. The van der Waals surface area contributed by atoms with Crippen LogP contribution in [0.5, 0.6) is 0 Å². The Kier molecular flexibility index (Phi) is 7.12. The molecular formula is C24H21BrN4O4S2. The summed E-state index contributed by atoms with van der Waals surface area (Å²) in [7, 11) is -3.56. The van der Waals surface area contributed by atoms with E-state index in [1.165, 1.54) is 15.6 Å². The predicted molar refractivity (Wildman–Crippen MR) is 138 cm³/mol. The average molecular weight is 573 g/mol. The van der Waals surface area contributed by atoms with Crippen molar-refractivity contribution >= 4 is 49.2 Å². The summed E-state index contributed by atoms with van der Waals surface area (Å²) in [6, 6.07) is 18.0. The van der Waals surface area contributed by atoms with E-state index in [9.17, 15) is 8.42 Å². The molecule has 0 N–H and O–H groups in total. The van der Waals surface area contributed by atoms with Gasteiger partial charge in [-0.2, -0.15) is 9.41 Å². The first-order valence-corrected chi connectivity index (χ1v) is 13.9. The highest BCUT2D eigenvalue weighted by Crippen LogP contribution is 2.23. The molecule has 5 rings (SSSR count). The van der Waals surface area contributed by atoms with Gasteiger partial charge in [0.2, 0.25) is 14.8 Å². The number of morpholine rings is 1. The average Bonchev–Trinajstić information content (AvgIpc) is 3.55. The van der Waals surface area contributed by atoms with E-state index in [0.717, 1.165) is 15.7 Å². The van der Waals surface area contributed by atoms with Crippen LogP contribution in [-0.2, 0) is 14.8 Å². The fraction of sp³-hybridized carbons (Fsp3) is 0.167. The summed E-state index contributed by atoms with van der Waals surface area (Å²) in [4.78, 5) is 5.58. The Hall–Kier alpha value is -2.83. The largest absolute Gasteiger partial charge is 0.463 e. The standard InChI is InChI=1S/C24H21BrN4O4S2/c25-21-5-2-1-4-18(21)16-26-29-22(23-6-3-13-33-23)17-34-24(29)27-19-7-9-20(10-8-19)35(30,31)28-11-14-32-15-12-28/h1-10,13,16-17H,11-12,14-15H2. The lowest BCUT2D eigenvalue weighted by atomic mass is 10.2. The lowest BCUT2D eigenvalue weighted by Crippen LogP contribution is -2.40. The Morgan fingerprint density at radius 3 is 2.49 bits per heavy atom. The molecule has 3 heterocycles. The Balaban J connectivity index is 1.50. The molecule has 1 saturated heterocycles. The van der Waals surface area contributed by atoms with E-state index in [4.69, 9.17) is 14.1 Å². The Morgan fingerprint density at radius 1 is 1.00 bits per heavy atom. The molecule has 0 unspecified atom stereocenters. The van der Waals surface area contributed by atoms with Gasteiger partial charge in [-0.25, -0.2) is 18.1 Å². The third-order valence-corrected chi connectivity index (χ3v) is 8.80. The minimum absolute atomic E-state index is 0.237. The van der Waals surface area contributed by atoms with Gasteiger partial charge in [0.15, 0.2) is 5.76 Å². The SMILES string of the molecule is O=S(=O)(c1ccc(N=c2scc(-c3ccco3)n2N=Cc2ccccc2Br)cc1)N1CCOCC1. The van der Waals surface area contributed by atoms with Gasteiger partial charge in [0.25, 0.3) is 0 Å². The summed E-state index contributed by atoms with van der Waals surface area (Å²) in [5, 5.41) is 6.59. The van der Waals surface area contributed by atoms with Crippen LogP contribution in [0.1, 0.15) is 5.56 Å². The van der Waals surface area contributed by atoms with Crippen LogP contribution in [-0.4, -0.2) is 49.9 Å². The molecule has 1 aliphatic rings. The first-order valence-electron chi connectivity index (χ1n) is 10.8. The zero-order valence-corrected chi connectivity index (χ0v) is 21.7. The van der Waals surface area contributed by atoms with Gasteiger partial charge < -0.3 is 9.15 Å². The van der Waals surface area contributed by atoms with Gasteiger partial charge >= 0.3 is 0 Å². The van der Waals surface area contributed by atoms with Crippen molar-refractivity contribution in [2.24, 2.45) is 10.1 Å². The smallest absolute Gasteiger partial charge is 0.243 e. The maximum atomic E-state index is 12.9. The van der Waals surface area contributed by atoms with Gasteiger partial charge in [-0.3, -0.25) is 0 Å². The second kappa shape index (κ2) is 10.4. The molecule has 0 saturated carbocycles. The summed E-state index contributed by atoms with van der Waals surface area (Å²) < 4.78 is 40.7. The van der Waals surface area contributed by atoms with Crippen LogP contribution >= 0.6 is 27.3 Å². The van der Waals surface area contributed by atoms with Gasteiger partial charge in [0.05, 0.1) is 36.3 Å². The molecule has 4 aromatic rings. The van der Waals surface area contributed by atoms with Crippen molar-refractivity contribution in [3.63, 3.8) is 0 Å². The van der Waals surface area contributed by atoms with Crippen molar-refractivity contribution in [3.05, 3.63) is 87.1 Å². The van der Waals surface area contributed by atoms with Crippen LogP contribution in [0.4, 0.5) is 5.69 Å². The molecule has 35 heavy (non-hydrogen) atoms. The van der Waals surface area contributed by atoms with E-state index in [1.807, 2.05) is 41.8 Å². The van der Waals surface area contributed by atoms with Gasteiger partial charge in [-0.1, -0.05) is 34.1 Å². The van der Waals surface area contributed by atoms with E-state index in [1.54, 1.807) is 41.4 Å².